The first-order chi connectivity index (χ1) is 17.5. The highest BCUT2D eigenvalue weighted by molar-refractivity contribution is 5.78. The molecule has 36 heavy (non-hydrogen) atoms. The van der Waals surface area contributed by atoms with E-state index in [2.05, 4.69) is 19.9 Å². The first kappa shape index (κ1) is 23.4. The molecule has 3 heterocycles. The molecule has 1 aliphatic heterocycles. The maximum Gasteiger partial charge on any atom is 0.242 e. The smallest absolute Gasteiger partial charge is 0.242 e. The van der Waals surface area contributed by atoms with Gasteiger partial charge in [0.05, 0.1) is 12.8 Å². The number of aromatic nitrogens is 4. The van der Waals surface area contributed by atoms with E-state index in [0.29, 0.717) is 49.1 Å². The van der Waals surface area contributed by atoms with E-state index < -0.39 is 0 Å². The van der Waals surface area contributed by atoms with Crippen LogP contribution in [0.25, 0.3) is 22.6 Å². The van der Waals surface area contributed by atoms with Gasteiger partial charge in [0.15, 0.2) is 0 Å². The fraction of sp³-hybridized carbons (Fsp3) is 0.231. The molecule has 0 unspecified atom stereocenters. The Hall–Kier alpha value is -4.34. The Balaban J connectivity index is 1.34. The Morgan fingerprint density at radius 2 is 1.56 bits per heavy atom. The van der Waals surface area contributed by atoms with Crippen molar-refractivity contribution in [2.45, 2.75) is 6.54 Å². The summed E-state index contributed by atoms with van der Waals surface area (Å²) in [6.07, 6.45) is 3.23. The van der Waals surface area contributed by atoms with Gasteiger partial charge in [-0.25, -0.2) is 23.7 Å². The number of halogens is 2. The summed E-state index contributed by atoms with van der Waals surface area (Å²) in [7, 11) is 1.56. The predicted octanol–water partition coefficient (Wildman–Crippen LogP) is 3.64. The number of ether oxygens (including phenoxy) is 1. The second kappa shape index (κ2) is 10.1. The van der Waals surface area contributed by atoms with Gasteiger partial charge in [-0.3, -0.25) is 4.79 Å². The van der Waals surface area contributed by atoms with Gasteiger partial charge in [-0.15, -0.1) is 0 Å². The fourth-order valence-electron chi connectivity index (χ4n) is 4.17. The number of amides is 1. The van der Waals surface area contributed by atoms with Crippen LogP contribution in [0, 0.1) is 11.6 Å². The number of hydrogen-bond donors (Lipinski definition) is 0. The minimum Gasteiger partial charge on any atom is -0.481 e. The highest BCUT2D eigenvalue weighted by atomic mass is 19.1. The lowest BCUT2D eigenvalue weighted by Gasteiger charge is -2.35. The molecule has 184 valence electrons. The summed E-state index contributed by atoms with van der Waals surface area (Å²) in [5.41, 5.74) is 2.00. The second-order valence-electron chi connectivity index (χ2n) is 8.38. The van der Waals surface area contributed by atoms with Crippen LogP contribution in [0.5, 0.6) is 5.88 Å². The van der Waals surface area contributed by atoms with Crippen molar-refractivity contribution in [1.29, 1.82) is 0 Å². The quantitative estimate of drug-likeness (QED) is 0.411. The Morgan fingerprint density at radius 3 is 2.19 bits per heavy atom. The molecule has 4 aromatic rings. The van der Waals surface area contributed by atoms with Crippen molar-refractivity contribution in [3.05, 3.63) is 78.8 Å². The van der Waals surface area contributed by atoms with Crippen molar-refractivity contribution < 1.29 is 18.3 Å². The maximum atomic E-state index is 13.5. The molecular weight excluding hydrogens is 466 g/mol. The number of carbonyl (C=O) groups excluding carboxylic acids is 1. The molecule has 0 saturated carbocycles. The average Bonchev–Trinajstić information content (AvgIpc) is 3.33. The predicted molar refractivity (Wildman–Crippen MR) is 130 cm³/mol. The molecule has 8 nitrogen and oxygen atoms in total. The van der Waals surface area contributed by atoms with Gasteiger partial charge in [0.25, 0.3) is 0 Å². The Morgan fingerprint density at radius 1 is 0.917 bits per heavy atom. The summed E-state index contributed by atoms with van der Waals surface area (Å²) in [6, 6.07) is 13.7. The van der Waals surface area contributed by atoms with Gasteiger partial charge < -0.3 is 19.1 Å². The van der Waals surface area contributed by atoms with Gasteiger partial charge in [-0.05, 0) is 48.5 Å². The maximum absolute atomic E-state index is 13.5. The summed E-state index contributed by atoms with van der Waals surface area (Å²) in [6.45, 7) is 2.40. The van der Waals surface area contributed by atoms with Crippen LogP contribution in [0.15, 0.2) is 67.1 Å². The van der Waals surface area contributed by atoms with E-state index in [4.69, 9.17) is 4.74 Å². The van der Waals surface area contributed by atoms with Crippen molar-refractivity contribution >= 4 is 11.7 Å². The standard InChI is InChI=1S/C26H24F2N6O2/c1-36-24-14-23(29-17-30-24)32-10-12-33(13-11-32)25(35)16-34-15-22(18-2-6-20(27)7-3-18)31-26(34)19-4-8-21(28)9-5-19/h2-9,14-15,17H,10-13,16H2,1H3. The molecular formula is C26H24F2N6O2. The van der Waals surface area contributed by atoms with Crippen LogP contribution in [0.2, 0.25) is 0 Å². The van der Waals surface area contributed by atoms with E-state index >= 15 is 0 Å². The summed E-state index contributed by atoms with van der Waals surface area (Å²) < 4.78 is 33.9. The number of nitrogens with zero attached hydrogens (tertiary/aromatic N) is 6. The Kier molecular flexibility index (Phi) is 6.57. The molecule has 0 bridgehead atoms. The molecule has 1 amide bonds. The zero-order chi connectivity index (χ0) is 25.1. The summed E-state index contributed by atoms with van der Waals surface area (Å²) in [5.74, 6) is 1.03. The number of anilines is 1. The lowest BCUT2D eigenvalue weighted by molar-refractivity contribution is -0.132. The van der Waals surface area contributed by atoms with Crippen LogP contribution in [0.4, 0.5) is 14.6 Å². The van der Waals surface area contributed by atoms with Gasteiger partial charge in [0.2, 0.25) is 11.8 Å². The Bertz CT molecular complexity index is 1350. The molecule has 1 fully saturated rings. The number of benzene rings is 2. The highest BCUT2D eigenvalue weighted by Crippen LogP contribution is 2.26. The monoisotopic (exact) mass is 490 g/mol. The summed E-state index contributed by atoms with van der Waals surface area (Å²) in [4.78, 5) is 30.2. The van der Waals surface area contributed by atoms with E-state index in [1.807, 2.05) is 0 Å². The van der Waals surface area contributed by atoms with Gasteiger partial charge in [0.1, 0.15) is 36.1 Å². The molecule has 1 saturated heterocycles. The third-order valence-corrected chi connectivity index (χ3v) is 6.12. The zero-order valence-corrected chi connectivity index (χ0v) is 19.6. The zero-order valence-electron chi connectivity index (χ0n) is 19.6. The number of rotatable bonds is 6. The lowest BCUT2D eigenvalue weighted by Crippen LogP contribution is -2.49. The van der Waals surface area contributed by atoms with Gasteiger partial charge in [-0.2, -0.15) is 0 Å². The fourth-order valence-corrected chi connectivity index (χ4v) is 4.17. The molecule has 5 rings (SSSR count). The molecule has 2 aromatic heterocycles. The minimum atomic E-state index is -0.356. The SMILES string of the molecule is COc1cc(N2CCN(C(=O)Cn3cc(-c4ccc(F)cc4)nc3-c3ccc(F)cc3)CC2)ncn1. The van der Waals surface area contributed by atoms with Crippen molar-refractivity contribution in [1.82, 2.24) is 24.4 Å². The highest BCUT2D eigenvalue weighted by Gasteiger charge is 2.24. The average molecular weight is 491 g/mol. The van der Waals surface area contributed by atoms with E-state index in [1.165, 1.54) is 30.6 Å². The van der Waals surface area contributed by atoms with Crippen LogP contribution in [0.1, 0.15) is 0 Å². The van der Waals surface area contributed by atoms with E-state index in [9.17, 15) is 13.6 Å². The molecule has 0 atom stereocenters. The molecule has 0 aliphatic carbocycles. The normalized spacial score (nSPS) is 13.6. The second-order valence-corrected chi connectivity index (χ2v) is 8.38. The van der Waals surface area contributed by atoms with Crippen molar-refractivity contribution in [2.24, 2.45) is 0 Å². The molecule has 1 aliphatic rings. The van der Waals surface area contributed by atoms with E-state index in [-0.39, 0.29) is 24.1 Å². The number of carbonyl (C=O) groups is 1. The largest absolute Gasteiger partial charge is 0.481 e. The van der Waals surface area contributed by atoms with Crippen molar-refractivity contribution in [3.63, 3.8) is 0 Å². The molecule has 0 spiro atoms. The van der Waals surface area contributed by atoms with Crippen LogP contribution < -0.4 is 9.64 Å². The van der Waals surface area contributed by atoms with Crippen molar-refractivity contribution in [3.8, 4) is 28.5 Å². The van der Waals surface area contributed by atoms with Crippen LogP contribution >= 0.6 is 0 Å². The molecule has 0 radical (unpaired) electrons. The topological polar surface area (TPSA) is 76.4 Å². The van der Waals surface area contributed by atoms with Crippen LogP contribution in [0.3, 0.4) is 0 Å². The summed E-state index contributed by atoms with van der Waals surface area (Å²) >= 11 is 0. The molecule has 0 N–H and O–H groups in total. The van der Waals surface area contributed by atoms with Gasteiger partial charge in [-0.1, -0.05) is 0 Å². The van der Waals surface area contributed by atoms with Crippen LogP contribution in [-0.2, 0) is 11.3 Å². The third kappa shape index (κ3) is 5.02. The number of imidazole rings is 1. The molecule has 2 aromatic carbocycles. The van der Waals surface area contributed by atoms with Gasteiger partial charge >= 0.3 is 0 Å². The van der Waals surface area contributed by atoms with Gasteiger partial charge in [0, 0.05) is 49.6 Å². The van der Waals surface area contributed by atoms with E-state index in [0.717, 1.165) is 11.4 Å². The minimum absolute atomic E-state index is 0.0543. The van der Waals surface area contributed by atoms with E-state index in [1.54, 1.807) is 53.1 Å². The molecule has 10 heteroatoms. The lowest BCUT2D eigenvalue weighted by atomic mass is 10.2. The number of hydrogen-bond acceptors (Lipinski definition) is 6. The first-order valence-electron chi connectivity index (χ1n) is 11.5. The number of piperazine rings is 1. The summed E-state index contributed by atoms with van der Waals surface area (Å²) in [5, 5.41) is 0. The number of methoxy groups -OCH3 is 1. The Labute approximate surface area is 206 Å². The van der Waals surface area contributed by atoms with Crippen molar-refractivity contribution in [2.75, 3.05) is 38.2 Å². The third-order valence-electron chi connectivity index (χ3n) is 6.12. The first-order valence-corrected chi connectivity index (χ1v) is 11.5. The van der Waals surface area contributed by atoms with Crippen LogP contribution in [-0.4, -0.2) is 63.6 Å².